The molecule has 0 aromatic heterocycles. The van der Waals surface area contributed by atoms with Gasteiger partial charge in [0.25, 0.3) is 0 Å². The lowest BCUT2D eigenvalue weighted by Crippen LogP contribution is -2.63. The van der Waals surface area contributed by atoms with Crippen LogP contribution in [-0.2, 0) is 49.6 Å². The Morgan fingerprint density at radius 1 is 0.882 bits per heavy atom. The van der Waals surface area contributed by atoms with Crippen molar-refractivity contribution in [1.29, 1.82) is 0 Å². The quantitative estimate of drug-likeness (QED) is 0.0958. The smallest absolute Gasteiger partial charge is 0.246 e. The highest BCUT2D eigenvalue weighted by atomic mass is 33.1. The zero-order chi connectivity index (χ0) is 50.1. The summed E-state index contributed by atoms with van der Waals surface area (Å²) in [6, 6.07) is -2.33. The first kappa shape index (κ1) is 55.5. The van der Waals surface area contributed by atoms with E-state index < -0.39 is 119 Å². The fraction of sp³-hybridized carbons (Fsp3) is 0.667. The van der Waals surface area contributed by atoms with Gasteiger partial charge in [-0.3, -0.25) is 43.2 Å². The average molecular weight is 991 g/mol. The maximum Gasteiger partial charge on any atom is 0.246 e. The molecule has 68 heavy (non-hydrogen) atoms. The van der Waals surface area contributed by atoms with Gasteiger partial charge in [-0.1, -0.05) is 73.3 Å². The molecule has 1 aliphatic carbocycles. The second-order valence-corrected chi connectivity index (χ2v) is 20.7. The molecule has 0 radical (unpaired) electrons. The molecule has 0 unspecified atom stereocenters. The van der Waals surface area contributed by atoms with E-state index in [1.54, 1.807) is 38.1 Å². The molecule has 23 heteroatoms. The number of nitrogens with zero attached hydrogens (tertiary/aromatic N) is 1. The number of nitrogens with two attached hydrogens (primary N) is 3. The molecular weight excluding hydrogens is 921 g/mol. The summed E-state index contributed by atoms with van der Waals surface area (Å²) < 4.78 is 4.63. The summed E-state index contributed by atoms with van der Waals surface area (Å²) in [6.07, 6.45) is 3.11. The molecule has 2 heterocycles. The van der Waals surface area contributed by atoms with Crippen molar-refractivity contribution in [3.05, 3.63) is 29.8 Å². The minimum Gasteiger partial charge on any atom is -0.497 e. The lowest BCUT2D eigenvalue weighted by atomic mass is 9.85. The van der Waals surface area contributed by atoms with Gasteiger partial charge in [-0.25, -0.2) is 0 Å². The number of aliphatic hydroxyl groups is 1. The number of hydrogen-bond donors (Lipinski definition) is 10. The number of benzene rings is 1. The van der Waals surface area contributed by atoms with Gasteiger partial charge < -0.3 is 63.8 Å². The van der Waals surface area contributed by atoms with E-state index >= 15 is 0 Å². The fourth-order valence-corrected chi connectivity index (χ4v) is 11.9. The van der Waals surface area contributed by atoms with Crippen LogP contribution < -0.4 is 53.8 Å². The van der Waals surface area contributed by atoms with Crippen LogP contribution >= 0.6 is 21.6 Å². The Balaban J connectivity index is 1.76. The topological polar surface area (TPSA) is 337 Å². The van der Waals surface area contributed by atoms with Crippen molar-refractivity contribution in [1.82, 2.24) is 36.8 Å². The van der Waals surface area contributed by atoms with Gasteiger partial charge >= 0.3 is 0 Å². The molecule has 1 saturated carbocycles. The van der Waals surface area contributed by atoms with Gasteiger partial charge in [-0.15, -0.1) is 0 Å². The molecule has 21 nitrogen and oxygen atoms in total. The number of rotatable bonds is 15. The first-order chi connectivity index (χ1) is 32.3. The largest absolute Gasteiger partial charge is 0.497 e. The highest BCUT2D eigenvalue weighted by molar-refractivity contribution is 8.77. The van der Waals surface area contributed by atoms with E-state index in [-0.39, 0.29) is 44.5 Å². The second kappa shape index (κ2) is 26.6. The van der Waals surface area contributed by atoms with Gasteiger partial charge in [0.2, 0.25) is 53.2 Å². The molecule has 9 atom stereocenters. The molecule has 4 rings (SSSR count). The Kier molecular flexibility index (Phi) is 21.7. The number of aliphatic hydroxyl groups excluding tert-OH is 1. The number of ether oxygens (including phenoxy) is 1. The molecule has 1 aromatic rings. The van der Waals surface area contributed by atoms with Crippen LogP contribution in [0.5, 0.6) is 5.75 Å². The van der Waals surface area contributed by atoms with E-state index in [2.05, 4.69) is 31.9 Å². The molecule has 378 valence electrons. The average Bonchev–Trinajstić information content (AvgIpc) is 3.80. The number of methoxy groups -OCH3 is 1. The number of carbonyl (C=O) groups is 9. The van der Waals surface area contributed by atoms with Crippen molar-refractivity contribution in [2.75, 3.05) is 26.0 Å². The van der Waals surface area contributed by atoms with E-state index in [0.29, 0.717) is 43.4 Å². The van der Waals surface area contributed by atoms with E-state index in [9.17, 15) is 48.3 Å². The first-order valence-corrected chi connectivity index (χ1v) is 25.6. The summed E-state index contributed by atoms with van der Waals surface area (Å²) in [7, 11) is 4.12. The van der Waals surface area contributed by atoms with Gasteiger partial charge in [0.05, 0.1) is 19.6 Å². The third kappa shape index (κ3) is 16.0. The standard InChI is InChI=1S/C45H70N10O11S2/c1-5-25(2)36-42(63)54-37(26(3)56)43(64)51-31(22-34(47)57)39(60)52-32(44(65)55-20-10-12-33(55)41(62)50-29(38(48)59)11-9-19-46)24-67-68-45(17-7-6-8-18-45)23-35(58)49-30(40(61)53-36)21-27-13-15-28(66-4)16-14-27/h13-16,25-26,29-33,36-37,56H,5-12,17-24,46H2,1-4H3,(H2,47,57)(H2,48,59)(H,49,58)(H,50,62)(H,51,64)(H,52,60)(H,53,61)(H,54,63)/t25-,26+,29-,30-,31-,32-,33-,36-,37-/m0/s1. The van der Waals surface area contributed by atoms with Crippen molar-refractivity contribution in [3.63, 3.8) is 0 Å². The minimum absolute atomic E-state index is 0.0142. The molecular formula is C45H70N10O11S2. The number of likely N-dealkylation sites (tertiary alicyclic amines) is 1. The van der Waals surface area contributed by atoms with Gasteiger partial charge in [-0.2, -0.15) is 0 Å². The Morgan fingerprint density at radius 2 is 1.53 bits per heavy atom. The van der Waals surface area contributed by atoms with Crippen molar-refractivity contribution in [3.8, 4) is 5.75 Å². The maximum absolute atomic E-state index is 14.6. The van der Waals surface area contributed by atoms with Gasteiger partial charge in [0.15, 0.2) is 0 Å². The Morgan fingerprint density at radius 3 is 2.13 bits per heavy atom. The summed E-state index contributed by atoms with van der Waals surface area (Å²) in [6.45, 7) is 5.10. The highest BCUT2D eigenvalue weighted by Crippen LogP contribution is 2.48. The van der Waals surface area contributed by atoms with Crippen LogP contribution in [0.2, 0.25) is 0 Å². The monoisotopic (exact) mass is 990 g/mol. The number of nitrogens with one attached hydrogen (secondary N) is 6. The van der Waals surface area contributed by atoms with Crippen molar-refractivity contribution in [2.45, 2.75) is 157 Å². The number of carbonyl (C=O) groups excluding carboxylic acids is 9. The SMILES string of the molecule is CC[C@H](C)[C@@H]1NC(=O)[C@H](Cc2ccc(OC)cc2)NC(=O)CC2(CCCCC2)SSC[C@@H](C(=O)N2CCC[C@H]2C(=O)N[C@@H](CCCN)C(N)=O)NC(=O)[C@H](CC(N)=O)NC(=O)[C@H]([C@@H](C)O)NC1=O. The van der Waals surface area contributed by atoms with Crippen LogP contribution in [0.25, 0.3) is 0 Å². The first-order valence-electron chi connectivity index (χ1n) is 23.3. The third-order valence-corrected chi connectivity index (χ3v) is 16.0. The van der Waals surface area contributed by atoms with E-state index in [4.69, 9.17) is 21.9 Å². The Labute approximate surface area is 405 Å². The lowest BCUT2D eigenvalue weighted by Gasteiger charge is -2.37. The summed E-state index contributed by atoms with van der Waals surface area (Å²) in [5.74, 6) is -7.12. The third-order valence-electron chi connectivity index (χ3n) is 12.7. The Bertz CT molecular complexity index is 1950. The number of amides is 9. The Hall–Kier alpha value is -5.13. The van der Waals surface area contributed by atoms with Crippen LogP contribution in [0.15, 0.2) is 24.3 Å². The summed E-state index contributed by atoms with van der Waals surface area (Å²) in [5.41, 5.74) is 17.4. The molecule has 2 saturated heterocycles. The van der Waals surface area contributed by atoms with Crippen LogP contribution in [0, 0.1) is 5.92 Å². The van der Waals surface area contributed by atoms with Crippen LogP contribution in [0.3, 0.4) is 0 Å². The molecule has 1 aromatic carbocycles. The summed E-state index contributed by atoms with van der Waals surface area (Å²) >= 11 is 0. The molecule has 9 amide bonds. The zero-order valence-electron chi connectivity index (χ0n) is 39.3. The van der Waals surface area contributed by atoms with Crippen LogP contribution in [0.4, 0.5) is 0 Å². The van der Waals surface area contributed by atoms with E-state index in [1.165, 1.54) is 40.5 Å². The van der Waals surface area contributed by atoms with Gasteiger partial charge in [0.1, 0.15) is 48.0 Å². The summed E-state index contributed by atoms with van der Waals surface area (Å²) in [5, 5.41) is 26.8. The van der Waals surface area contributed by atoms with Gasteiger partial charge in [-0.05, 0) is 75.6 Å². The van der Waals surface area contributed by atoms with Gasteiger partial charge in [0, 0.05) is 29.9 Å². The number of primary amides is 2. The predicted molar refractivity (Wildman–Crippen MR) is 256 cm³/mol. The summed E-state index contributed by atoms with van der Waals surface area (Å²) in [4.78, 5) is 125. The van der Waals surface area contributed by atoms with E-state index in [0.717, 1.165) is 19.3 Å². The van der Waals surface area contributed by atoms with Crippen molar-refractivity contribution >= 4 is 74.8 Å². The number of hydrogen-bond acceptors (Lipinski definition) is 14. The van der Waals surface area contributed by atoms with Crippen molar-refractivity contribution in [2.24, 2.45) is 23.1 Å². The van der Waals surface area contributed by atoms with Crippen LogP contribution in [-0.4, -0.2) is 142 Å². The molecule has 3 aliphatic rings. The molecule has 1 spiro atoms. The molecule has 13 N–H and O–H groups in total. The molecule has 3 fully saturated rings. The minimum atomic E-state index is -1.72. The zero-order valence-corrected chi connectivity index (χ0v) is 41.0. The normalized spacial score (nSPS) is 25.9. The maximum atomic E-state index is 14.6. The van der Waals surface area contributed by atoms with E-state index in [1.807, 2.05) is 0 Å². The molecule has 2 aliphatic heterocycles. The highest BCUT2D eigenvalue weighted by Gasteiger charge is 2.42. The predicted octanol–water partition coefficient (Wildman–Crippen LogP) is -0.848. The van der Waals surface area contributed by atoms with Crippen LogP contribution in [0.1, 0.15) is 103 Å². The van der Waals surface area contributed by atoms with Crippen molar-refractivity contribution < 1.29 is 53.0 Å². The second-order valence-electron chi connectivity index (χ2n) is 17.9. The lowest BCUT2D eigenvalue weighted by molar-refractivity contribution is -0.142. The molecule has 0 bridgehead atoms. The fourth-order valence-electron chi connectivity index (χ4n) is 8.56.